The lowest BCUT2D eigenvalue weighted by molar-refractivity contribution is 0.112. The van der Waals surface area contributed by atoms with Crippen molar-refractivity contribution in [1.29, 1.82) is 0 Å². The van der Waals surface area contributed by atoms with E-state index in [1.54, 1.807) is 29.5 Å². The van der Waals surface area contributed by atoms with Crippen LogP contribution in [-0.4, -0.2) is 26.0 Å². The molecule has 3 aromatic rings. The minimum Gasteiger partial charge on any atom is -0.298 e. The van der Waals surface area contributed by atoms with Crippen LogP contribution in [0.25, 0.3) is 11.4 Å². The third kappa shape index (κ3) is 2.72. The van der Waals surface area contributed by atoms with Gasteiger partial charge in [-0.15, -0.1) is 0 Å². The van der Waals surface area contributed by atoms with Crippen LogP contribution >= 0.6 is 0 Å². The molecule has 0 fully saturated rings. The molecule has 0 bridgehead atoms. The minimum absolute atomic E-state index is 0.518. The number of aldehydes is 1. The maximum Gasteiger partial charge on any atom is 0.153 e. The lowest BCUT2D eigenvalue weighted by atomic mass is 10.1. The fourth-order valence-electron chi connectivity index (χ4n) is 2.19. The van der Waals surface area contributed by atoms with Crippen LogP contribution in [0.5, 0.6) is 0 Å². The fraction of sp³-hybridized carbons (Fsp3) is 0.125. The number of carbonyl (C=O) groups excluding carboxylic acids is 1. The highest BCUT2D eigenvalue weighted by molar-refractivity contribution is 5.84. The van der Waals surface area contributed by atoms with Crippen LogP contribution in [0, 0.1) is 6.92 Å². The predicted molar refractivity (Wildman–Crippen MR) is 78.9 cm³/mol. The molecule has 0 spiro atoms. The molecule has 0 atom stereocenters. The molecule has 0 amide bonds. The summed E-state index contributed by atoms with van der Waals surface area (Å²) in [6, 6.07) is 8.11. The van der Waals surface area contributed by atoms with Gasteiger partial charge in [0.15, 0.2) is 6.29 Å². The topological polar surface area (TPSA) is 60.7 Å². The number of hydrogen-bond donors (Lipinski definition) is 0. The molecule has 0 N–H and O–H groups in total. The van der Waals surface area contributed by atoms with Gasteiger partial charge in [0.05, 0.1) is 18.3 Å². The average molecular weight is 278 g/mol. The van der Waals surface area contributed by atoms with Crippen LogP contribution in [0.2, 0.25) is 0 Å². The number of benzene rings is 1. The SMILES string of the molecule is Cc1ccccc1Cn1cc(C=O)c(-c2cnccn2)n1. The Balaban J connectivity index is 1.97. The Hall–Kier alpha value is -2.82. The number of hydrogen-bond acceptors (Lipinski definition) is 4. The molecular formula is C16H14N4O. The number of nitrogens with zero attached hydrogens (tertiary/aromatic N) is 4. The van der Waals surface area contributed by atoms with E-state index in [2.05, 4.69) is 34.1 Å². The normalized spacial score (nSPS) is 10.5. The van der Waals surface area contributed by atoms with Crippen molar-refractivity contribution in [3.63, 3.8) is 0 Å². The van der Waals surface area contributed by atoms with Crippen molar-refractivity contribution < 1.29 is 4.79 Å². The molecule has 0 radical (unpaired) electrons. The zero-order valence-corrected chi connectivity index (χ0v) is 11.6. The Kier molecular flexibility index (Phi) is 3.55. The fourth-order valence-corrected chi connectivity index (χ4v) is 2.19. The van der Waals surface area contributed by atoms with E-state index in [0.29, 0.717) is 23.5 Å². The highest BCUT2D eigenvalue weighted by atomic mass is 16.1. The molecule has 1 aromatic carbocycles. The van der Waals surface area contributed by atoms with Crippen molar-refractivity contribution in [1.82, 2.24) is 19.7 Å². The second-order valence-electron chi connectivity index (χ2n) is 4.77. The molecular weight excluding hydrogens is 264 g/mol. The van der Waals surface area contributed by atoms with Gasteiger partial charge in [0.2, 0.25) is 0 Å². The number of rotatable bonds is 4. The molecule has 0 aliphatic rings. The molecule has 2 aromatic heterocycles. The quantitative estimate of drug-likeness (QED) is 0.688. The Bertz CT molecular complexity index is 765. The monoisotopic (exact) mass is 278 g/mol. The van der Waals surface area contributed by atoms with E-state index < -0.39 is 0 Å². The number of carbonyl (C=O) groups is 1. The first-order chi connectivity index (χ1) is 10.3. The summed E-state index contributed by atoms with van der Waals surface area (Å²) in [5.41, 5.74) is 4.05. The zero-order valence-electron chi connectivity index (χ0n) is 11.6. The van der Waals surface area contributed by atoms with Gasteiger partial charge < -0.3 is 0 Å². The number of aryl methyl sites for hydroxylation is 1. The van der Waals surface area contributed by atoms with Gasteiger partial charge in [-0.3, -0.25) is 19.4 Å². The van der Waals surface area contributed by atoms with Crippen LogP contribution < -0.4 is 0 Å². The van der Waals surface area contributed by atoms with Gasteiger partial charge in [0.1, 0.15) is 11.4 Å². The van der Waals surface area contributed by atoms with Crippen molar-refractivity contribution in [3.05, 3.63) is 65.7 Å². The largest absolute Gasteiger partial charge is 0.298 e. The molecule has 2 heterocycles. The first-order valence-electron chi connectivity index (χ1n) is 6.61. The van der Waals surface area contributed by atoms with Gasteiger partial charge in [-0.1, -0.05) is 24.3 Å². The molecule has 5 heteroatoms. The lowest BCUT2D eigenvalue weighted by Crippen LogP contribution is -2.02. The Morgan fingerprint density at radius 1 is 1.24 bits per heavy atom. The maximum atomic E-state index is 11.2. The summed E-state index contributed by atoms with van der Waals surface area (Å²) in [6.45, 7) is 2.68. The molecule has 104 valence electrons. The molecule has 0 saturated carbocycles. The molecule has 0 aliphatic heterocycles. The smallest absolute Gasteiger partial charge is 0.153 e. The van der Waals surface area contributed by atoms with E-state index in [0.717, 1.165) is 6.29 Å². The van der Waals surface area contributed by atoms with E-state index >= 15 is 0 Å². The van der Waals surface area contributed by atoms with Crippen LogP contribution in [0.4, 0.5) is 0 Å². The second-order valence-corrected chi connectivity index (χ2v) is 4.77. The highest BCUT2D eigenvalue weighted by Gasteiger charge is 2.12. The molecule has 5 nitrogen and oxygen atoms in total. The van der Waals surface area contributed by atoms with Crippen LogP contribution in [-0.2, 0) is 6.54 Å². The van der Waals surface area contributed by atoms with Crippen molar-refractivity contribution in [2.45, 2.75) is 13.5 Å². The first kappa shape index (κ1) is 13.2. The Morgan fingerprint density at radius 3 is 2.81 bits per heavy atom. The van der Waals surface area contributed by atoms with Crippen molar-refractivity contribution >= 4 is 6.29 Å². The van der Waals surface area contributed by atoms with Gasteiger partial charge >= 0.3 is 0 Å². The van der Waals surface area contributed by atoms with Gasteiger partial charge in [-0.2, -0.15) is 5.10 Å². The summed E-state index contributed by atoms with van der Waals surface area (Å²) in [6.07, 6.45) is 7.32. The van der Waals surface area contributed by atoms with Crippen molar-refractivity contribution in [3.8, 4) is 11.4 Å². The Morgan fingerprint density at radius 2 is 2.10 bits per heavy atom. The summed E-state index contributed by atoms with van der Waals surface area (Å²) in [5.74, 6) is 0. The number of aromatic nitrogens is 4. The summed E-state index contributed by atoms with van der Waals surface area (Å²) in [7, 11) is 0. The van der Waals surface area contributed by atoms with E-state index in [9.17, 15) is 4.79 Å². The van der Waals surface area contributed by atoms with Crippen molar-refractivity contribution in [2.24, 2.45) is 0 Å². The van der Waals surface area contributed by atoms with Crippen LogP contribution in [0.1, 0.15) is 21.5 Å². The molecule has 21 heavy (non-hydrogen) atoms. The minimum atomic E-state index is 0.518. The summed E-state index contributed by atoms with van der Waals surface area (Å²) in [5, 5.41) is 4.47. The Labute approximate surface area is 122 Å². The highest BCUT2D eigenvalue weighted by Crippen LogP contribution is 2.18. The molecule has 0 saturated heterocycles. The lowest BCUT2D eigenvalue weighted by Gasteiger charge is -2.05. The van der Waals surface area contributed by atoms with Gasteiger partial charge in [-0.05, 0) is 18.1 Å². The maximum absolute atomic E-state index is 11.2. The third-order valence-corrected chi connectivity index (χ3v) is 3.32. The van der Waals surface area contributed by atoms with Gasteiger partial charge in [-0.25, -0.2) is 0 Å². The molecule has 0 aliphatic carbocycles. The summed E-state index contributed by atoms with van der Waals surface area (Å²) in [4.78, 5) is 19.4. The summed E-state index contributed by atoms with van der Waals surface area (Å²) >= 11 is 0. The average Bonchev–Trinajstić information content (AvgIpc) is 2.93. The third-order valence-electron chi connectivity index (χ3n) is 3.32. The van der Waals surface area contributed by atoms with E-state index in [4.69, 9.17) is 0 Å². The van der Waals surface area contributed by atoms with E-state index in [-0.39, 0.29) is 0 Å². The van der Waals surface area contributed by atoms with Gasteiger partial charge in [0, 0.05) is 18.6 Å². The van der Waals surface area contributed by atoms with Crippen molar-refractivity contribution in [2.75, 3.05) is 0 Å². The van der Waals surface area contributed by atoms with E-state index in [1.165, 1.54) is 11.1 Å². The second kappa shape index (κ2) is 5.66. The van der Waals surface area contributed by atoms with Crippen LogP contribution in [0.15, 0.2) is 49.1 Å². The first-order valence-corrected chi connectivity index (χ1v) is 6.61. The molecule has 3 rings (SSSR count). The predicted octanol–water partition coefficient (Wildman–Crippen LogP) is 2.51. The molecule has 0 unspecified atom stereocenters. The van der Waals surface area contributed by atoms with Crippen LogP contribution in [0.3, 0.4) is 0 Å². The zero-order chi connectivity index (χ0) is 14.7. The van der Waals surface area contributed by atoms with Gasteiger partial charge in [0.25, 0.3) is 0 Å². The standard InChI is InChI=1S/C16H14N4O/c1-12-4-2-3-5-13(12)9-20-10-14(11-21)16(19-20)15-8-17-6-7-18-15/h2-8,10-11H,9H2,1H3. The summed E-state index contributed by atoms with van der Waals surface area (Å²) < 4.78 is 1.76. The van der Waals surface area contributed by atoms with E-state index in [1.807, 2.05) is 12.1 Å².